The maximum atomic E-state index is 12.3. The lowest BCUT2D eigenvalue weighted by molar-refractivity contribution is -0.691. The molecule has 1 aromatic heterocycles. The van der Waals surface area contributed by atoms with E-state index in [1.165, 1.54) is 24.1 Å². The molecule has 0 atom stereocenters. The molecule has 0 radical (unpaired) electrons. The topological polar surface area (TPSA) is 20.9 Å². The van der Waals surface area contributed by atoms with Crippen molar-refractivity contribution in [1.82, 2.24) is 0 Å². The van der Waals surface area contributed by atoms with Gasteiger partial charge in [0.25, 0.3) is 0 Å². The van der Waals surface area contributed by atoms with Crippen LogP contribution in [0.1, 0.15) is 34.5 Å². The van der Waals surface area contributed by atoms with Crippen LogP contribution in [0.5, 0.6) is 0 Å². The van der Waals surface area contributed by atoms with E-state index < -0.39 is 0 Å². The average molecular weight is 332 g/mol. The first-order valence-electron chi connectivity index (χ1n) is 6.93. The highest BCUT2D eigenvalue weighted by Crippen LogP contribution is 2.17. The Balaban J connectivity index is 0.00000147. The number of aromatic nitrogens is 1. The zero-order valence-electron chi connectivity index (χ0n) is 11.4. The van der Waals surface area contributed by atoms with Crippen molar-refractivity contribution < 1.29 is 26.3 Å². The van der Waals surface area contributed by atoms with Crippen LogP contribution in [0.2, 0.25) is 0 Å². The van der Waals surface area contributed by atoms with E-state index in [9.17, 15) is 4.79 Å². The molecule has 0 unspecified atom stereocenters. The molecule has 2 aromatic rings. The first-order chi connectivity index (χ1) is 9.34. The Morgan fingerprint density at radius 2 is 1.75 bits per heavy atom. The summed E-state index contributed by atoms with van der Waals surface area (Å²) in [6, 6.07) is 13.8. The van der Waals surface area contributed by atoms with Crippen LogP contribution in [0, 0.1) is 0 Å². The van der Waals surface area contributed by atoms with Crippen molar-refractivity contribution in [2.45, 2.75) is 32.2 Å². The van der Waals surface area contributed by atoms with Crippen LogP contribution in [0.4, 0.5) is 0 Å². The van der Waals surface area contributed by atoms with E-state index in [0.29, 0.717) is 6.54 Å². The number of ketones is 1. The maximum Gasteiger partial charge on any atom is 0.227 e. The molecule has 0 fully saturated rings. The molecular weight excluding hydrogens is 314 g/mol. The number of aryl methyl sites for hydroxylation is 1. The number of pyridine rings is 1. The Morgan fingerprint density at radius 1 is 1.00 bits per heavy atom. The summed E-state index contributed by atoms with van der Waals surface area (Å²) < 4.78 is 2.13. The predicted molar refractivity (Wildman–Crippen MR) is 74.1 cm³/mol. The van der Waals surface area contributed by atoms with Crippen LogP contribution < -0.4 is 21.5 Å². The molecule has 20 heavy (non-hydrogen) atoms. The van der Waals surface area contributed by atoms with E-state index in [4.69, 9.17) is 0 Å². The summed E-state index contributed by atoms with van der Waals surface area (Å²) in [6.45, 7) is 0.452. The van der Waals surface area contributed by atoms with E-state index in [0.717, 1.165) is 18.4 Å². The smallest absolute Gasteiger partial charge is 0.227 e. The second kappa shape index (κ2) is 6.80. The summed E-state index contributed by atoms with van der Waals surface area (Å²) in [6.07, 6.45) is 6.78. The summed E-state index contributed by atoms with van der Waals surface area (Å²) in [4.78, 5) is 12.3. The second-order valence-corrected chi connectivity index (χ2v) is 5.10. The van der Waals surface area contributed by atoms with Crippen LogP contribution in [0.25, 0.3) is 0 Å². The number of hydrogen-bond acceptors (Lipinski definition) is 1. The summed E-state index contributed by atoms with van der Waals surface area (Å²) in [5.74, 6) is 0.185. The third kappa shape index (κ3) is 3.15. The first-order valence-corrected chi connectivity index (χ1v) is 6.93. The Morgan fingerprint density at radius 3 is 2.55 bits per heavy atom. The van der Waals surface area contributed by atoms with E-state index in [1.807, 2.05) is 36.5 Å². The largest absolute Gasteiger partial charge is 1.00 e. The molecule has 104 valence electrons. The van der Waals surface area contributed by atoms with E-state index in [-0.39, 0.29) is 22.8 Å². The number of hydrogen-bond donors (Lipinski definition) is 0. The summed E-state index contributed by atoms with van der Waals surface area (Å²) in [5.41, 5.74) is 3.55. The molecule has 0 N–H and O–H groups in total. The minimum absolute atomic E-state index is 0. The number of carbonyl (C=O) groups is 1. The van der Waals surface area contributed by atoms with Gasteiger partial charge in [-0.3, -0.25) is 4.79 Å². The molecular formula is C17H18BrNO. The monoisotopic (exact) mass is 331 g/mol. The van der Waals surface area contributed by atoms with Gasteiger partial charge in [0.15, 0.2) is 11.9 Å². The maximum absolute atomic E-state index is 12.3. The minimum Gasteiger partial charge on any atom is -1.00 e. The Labute approximate surface area is 130 Å². The predicted octanol–water partition coefficient (Wildman–Crippen LogP) is -0.260. The molecule has 0 amide bonds. The van der Waals surface area contributed by atoms with Gasteiger partial charge >= 0.3 is 0 Å². The molecule has 1 aromatic carbocycles. The highest BCUT2D eigenvalue weighted by Gasteiger charge is 2.21. The van der Waals surface area contributed by atoms with E-state index >= 15 is 0 Å². The normalized spacial score (nSPS) is 13.2. The van der Waals surface area contributed by atoms with Crippen molar-refractivity contribution in [3.63, 3.8) is 0 Å². The van der Waals surface area contributed by atoms with Crippen molar-refractivity contribution >= 4 is 5.78 Å². The second-order valence-electron chi connectivity index (χ2n) is 5.10. The van der Waals surface area contributed by atoms with Crippen LogP contribution in [-0.4, -0.2) is 5.78 Å². The zero-order chi connectivity index (χ0) is 13.1. The van der Waals surface area contributed by atoms with Gasteiger partial charge in [0, 0.05) is 23.6 Å². The van der Waals surface area contributed by atoms with E-state index in [2.05, 4.69) is 16.7 Å². The standard InChI is InChI=1S/C17H18NO.BrH/c19-17(15-8-2-1-3-9-15)13-18-12-6-10-14-7-4-5-11-16(14)18;/h1-3,6,8-10,12H,4-5,7,11,13H2;1H/q+1;/p-1. The van der Waals surface area contributed by atoms with Crippen molar-refractivity contribution in [3.05, 3.63) is 65.5 Å². The lowest BCUT2D eigenvalue weighted by Gasteiger charge is -2.13. The van der Waals surface area contributed by atoms with Crippen molar-refractivity contribution in [2.24, 2.45) is 0 Å². The van der Waals surface area contributed by atoms with Gasteiger partial charge in [-0.2, -0.15) is 4.57 Å². The van der Waals surface area contributed by atoms with Gasteiger partial charge < -0.3 is 17.0 Å². The Kier molecular flexibility index (Phi) is 5.07. The van der Waals surface area contributed by atoms with Crippen LogP contribution >= 0.6 is 0 Å². The highest BCUT2D eigenvalue weighted by atomic mass is 79.9. The van der Waals surface area contributed by atoms with Crippen LogP contribution in [0.3, 0.4) is 0 Å². The molecule has 0 spiro atoms. The van der Waals surface area contributed by atoms with E-state index in [1.54, 1.807) is 0 Å². The fourth-order valence-electron chi connectivity index (χ4n) is 2.79. The molecule has 3 heteroatoms. The van der Waals surface area contributed by atoms with Crippen LogP contribution in [0.15, 0.2) is 48.7 Å². The van der Waals surface area contributed by atoms with Gasteiger partial charge in [-0.05, 0) is 25.3 Å². The van der Waals surface area contributed by atoms with Gasteiger partial charge in [-0.1, -0.05) is 30.3 Å². The number of fused-ring (bicyclic) bond motifs is 1. The van der Waals surface area contributed by atoms with Crippen molar-refractivity contribution in [2.75, 3.05) is 0 Å². The van der Waals surface area contributed by atoms with Crippen molar-refractivity contribution in [3.8, 4) is 0 Å². The van der Waals surface area contributed by atoms with Gasteiger partial charge in [-0.25, -0.2) is 0 Å². The Hall–Kier alpha value is -1.48. The number of benzene rings is 1. The molecule has 1 aliphatic carbocycles. The fraction of sp³-hybridized carbons (Fsp3) is 0.294. The number of halogens is 1. The number of carbonyl (C=O) groups excluding carboxylic acids is 1. The molecule has 3 rings (SSSR count). The third-order valence-electron chi connectivity index (χ3n) is 3.80. The van der Waals surface area contributed by atoms with Gasteiger partial charge in [0.2, 0.25) is 12.3 Å². The third-order valence-corrected chi connectivity index (χ3v) is 3.80. The fourth-order valence-corrected chi connectivity index (χ4v) is 2.79. The van der Waals surface area contributed by atoms with Gasteiger partial charge in [0.1, 0.15) is 0 Å². The Bertz CT molecular complexity index is 595. The zero-order valence-corrected chi connectivity index (χ0v) is 13.0. The molecule has 0 bridgehead atoms. The highest BCUT2D eigenvalue weighted by molar-refractivity contribution is 5.94. The molecule has 0 saturated heterocycles. The average Bonchev–Trinajstić information content (AvgIpc) is 2.48. The first kappa shape index (κ1) is 14.9. The molecule has 0 aliphatic heterocycles. The van der Waals surface area contributed by atoms with Gasteiger partial charge in [-0.15, -0.1) is 0 Å². The summed E-state index contributed by atoms with van der Waals surface area (Å²) in [5, 5.41) is 0. The van der Waals surface area contributed by atoms with Crippen LogP contribution in [-0.2, 0) is 19.4 Å². The number of rotatable bonds is 3. The van der Waals surface area contributed by atoms with Gasteiger partial charge in [0.05, 0.1) is 0 Å². The molecule has 2 nitrogen and oxygen atoms in total. The SMILES string of the molecule is O=C(C[n+]1cccc2c1CCCC2)c1ccccc1.[Br-]. The summed E-state index contributed by atoms with van der Waals surface area (Å²) >= 11 is 0. The minimum atomic E-state index is 0. The summed E-state index contributed by atoms with van der Waals surface area (Å²) in [7, 11) is 0. The lowest BCUT2D eigenvalue weighted by Crippen LogP contribution is -3.00. The molecule has 0 saturated carbocycles. The number of nitrogens with zero attached hydrogens (tertiary/aromatic N) is 1. The lowest BCUT2D eigenvalue weighted by atomic mass is 9.95. The molecule has 1 heterocycles. The molecule has 1 aliphatic rings. The number of Topliss-reactive ketones (excluding diaryl/α,β-unsaturated/α-hetero) is 1. The quantitative estimate of drug-likeness (QED) is 0.561. The van der Waals surface area contributed by atoms with Crippen molar-refractivity contribution in [1.29, 1.82) is 0 Å².